The summed E-state index contributed by atoms with van der Waals surface area (Å²) < 4.78 is 46.0. The molecule has 0 atom stereocenters. The molecule has 24 heavy (non-hydrogen) atoms. The van der Waals surface area contributed by atoms with E-state index in [1.165, 1.54) is 48.2 Å². The fourth-order valence-electron chi connectivity index (χ4n) is 2.46. The average Bonchev–Trinajstić information content (AvgIpc) is 2.53. The van der Waals surface area contributed by atoms with Gasteiger partial charge in [-0.3, -0.25) is 9.52 Å². The van der Waals surface area contributed by atoms with E-state index in [-0.39, 0.29) is 16.5 Å². The zero-order valence-electron chi connectivity index (χ0n) is 12.8. The molecule has 0 saturated carbocycles. The molecule has 0 radical (unpaired) electrons. The lowest BCUT2D eigenvalue weighted by molar-refractivity contribution is -0.116. The molecule has 3 rings (SSSR count). The zero-order valence-corrected chi connectivity index (χ0v) is 13.6. The molecule has 1 aliphatic heterocycles. The normalized spacial score (nSPS) is 13.8. The van der Waals surface area contributed by atoms with E-state index in [1.807, 2.05) is 0 Å². The lowest BCUT2D eigenvalue weighted by Gasteiger charge is -2.29. The van der Waals surface area contributed by atoms with Crippen molar-refractivity contribution in [1.29, 1.82) is 0 Å². The van der Waals surface area contributed by atoms with Crippen LogP contribution in [0, 0.1) is 5.82 Å². The SMILES string of the molecule is CC(=O)N1CCOc2ccc(S(=O)(=O)Nc3cccc(F)c3)cc21. The number of nitrogens with one attached hydrogen (secondary N) is 1. The number of carbonyl (C=O) groups excluding carboxylic acids is 1. The summed E-state index contributed by atoms with van der Waals surface area (Å²) in [5.41, 5.74) is 0.517. The Balaban J connectivity index is 1.97. The number of fused-ring (bicyclic) bond motifs is 1. The van der Waals surface area contributed by atoms with Gasteiger partial charge in [-0.2, -0.15) is 0 Å². The molecule has 0 aliphatic carbocycles. The molecule has 0 bridgehead atoms. The summed E-state index contributed by atoms with van der Waals surface area (Å²) >= 11 is 0. The van der Waals surface area contributed by atoms with Crippen molar-refractivity contribution in [3.05, 3.63) is 48.3 Å². The van der Waals surface area contributed by atoms with Crippen molar-refractivity contribution in [2.24, 2.45) is 0 Å². The Bertz CT molecular complexity index is 899. The second kappa shape index (κ2) is 6.12. The van der Waals surface area contributed by atoms with Gasteiger partial charge in [-0.25, -0.2) is 12.8 Å². The van der Waals surface area contributed by atoms with Crippen LogP contribution in [0.1, 0.15) is 6.92 Å². The highest BCUT2D eigenvalue weighted by atomic mass is 32.2. The van der Waals surface area contributed by atoms with E-state index in [2.05, 4.69) is 4.72 Å². The third-order valence-corrected chi connectivity index (χ3v) is 4.94. The molecule has 0 fully saturated rings. The summed E-state index contributed by atoms with van der Waals surface area (Å²) in [6.07, 6.45) is 0. The average molecular weight is 350 g/mol. The van der Waals surface area contributed by atoms with Crippen molar-refractivity contribution >= 4 is 27.3 Å². The summed E-state index contributed by atoms with van der Waals surface area (Å²) in [5.74, 6) is -0.301. The number of halogens is 1. The molecule has 0 spiro atoms. The molecule has 2 aromatic carbocycles. The summed E-state index contributed by atoms with van der Waals surface area (Å²) in [6.45, 7) is 2.10. The minimum atomic E-state index is -3.92. The highest BCUT2D eigenvalue weighted by molar-refractivity contribution is 7.92. The maximum atomic E-state index is 13.2. The highest BCUT2D eigenvalue weighted by Gasteiger charge is 2.24. The summed E-state index contributed by atoms with van der Waals surface area (Å²) in [6, 6.07) is 9.42. The van der Waals surface area contributed by atoms with E-state index in [4.69, 9.17) is 4.74 Å². The number of sulfonamides is 1. The molecule has 126 valence electrons. The first-order valence-electron chi connectivity index (χ1n) is 7.20. The number of amides is 1. The van der Waals surface area contributed by atoms with Gasteiger partial charge in [-0.15, -0.1) is 0 Å². The predicted molar refractivity (Wildman–Crippen MR) is 87.2 cm³/mol. The van der Waals surface area contributed by atoms with Gasteiger partial charge in [0, 0.05) is 6.92 Å². The smallest absolute Gasteiger partial charge is 0.261 e. The fraction of sp³-hybridized carbons (Fsp3) is 0.188. The van der Waals surface area contributed by atoms with Crippen LogP contribution in [0.5, 0.6) is 5.75 Å². The largest absolute Gasteiger partial charge is 0.490 e. The van der Waals surface area contributed by atoms with Crippen LogP contribution in [0.2, 0.25) is 0 Å². The first-order chi connectivity index (χ1) is 11.4. The number of carbonyl (C=O) groups is 1. The molecule has 0 unspecified atom stereocenters. The van der Waals surface area contributed by atoms with Crippen LogP contribution in [-0.4, -0.2) is 27.5 Å². The third-order valence-electron chi connectivity index (χ3n) is 3.56. The molecular weight excluding hydrogens is 335 g/mol. The van der Waals surface area contributed by atoms with Crippen molar-refractivity contribution in [3.8, 4) is 5.75 Å². The zero-order chi connectivity index (χ0) is 17.3. The summed E-state index contributed by atoms with van der Waals surface area (Å²) in [7, 11) is -3.92. The van der Waals surface area contributed by atoms with Crippen LogP contribution < -0.4 is 14.4 Å². The lowest BCUT2D eigenvalue weighted by Crippen LogP contribution is -2.36. The maximum Gasteiger partial charge on any atom is 0.261 e. The van der Waals surface area contributed by atoms with Crippen LogP contribution in [0.4, 0.5) is 15.8 Å². The van der Waals surface area contributed by atoms with Crippen LogP contribution in [-0.2, 0) is 14.8 Å². The number of benzene rings is 2. The predicted octanol–water partition coefficient (Wildman–Crippen LogP) is 2.37. The molecule has 8 heteroatoms. The molecule has 6 nitrogen and oxygen atoms in total. The lowest BCUT2D eigenvalue weighted by atomic mass is 10.2. The summed E-state index contributed by atoms with van der Waals surface area (Å²) in [4.78, 5) is 13.1. The first-order valence-corrected chi connectivity index (χ1v) is 8.68. The molecule has 2 aromatic rings. The van der Waals surface area contributed by atoms with Crippen LogP contribution in [0.3, 0.4) is 0 Å². The Labute approximate surface area is 138 Å². The van der Waals surface area contributed by atoms with Gasteiger partial charge in [0.25, 0.3) is 10.0 Å². The topological polar surface area (TPSA) is 75.7 Å². The van der Waals surface area contributed by atoms with E-state index >= 15 is 0 Å². The van der Waals surface area contributed by atoms with Gasteiger partial charge in [0.1, 0.15) is 18.2 Å². The molecule has 1 amide bonds. The van der Waals surface area contributed by atoms with Crippen molar-refractivity contribution in [1.82, 2.24) is 0 Å². The van der Waals surface area contributed by atoms with Gasteiger partial charge in [0.15, 0.2) is 0 Å². The van der Waals surface area contributed by atoms with Gasteiger partial charge in [-0.05, 0) is 36.4 Å². The Hall–Kier alpha value is -2.61. The fourth-order valence-corrected chi connectivity index (χ4v) is 3.53. The van der Waals surface area contributed by atoms with E-state index in [0.717, 1.165) is 6.07 Å². The number of ether oxygens (including phenoxy) is 1. The van der Waals surface area contributed by atoms with E-state index in [0.29, 0.717) is 24.6 Å². The number of hydrogen-bond acceptors (Lipinski definition) is 4. The van der Waals surface area contributed by atoms with Gasteiger partial charge >= 0.3 is 0 Å². The molecule has 0 aromatic heterocycles. The number of rotatable bonds is 3. The quantitative estimate of drug-likeness (QED) is 0.922. The van der Waals surface area contributed by atoms with E-state index in [9.17, 15) is 17.6 Å². The van der Waals surface area contributed by atoms with Gasteiger partial charge in [-0.1, -0.05) is 6.07 Å². The standard InChI is InChI=1S/C16H15FN2O4S/c1-11(20)19-7-8-23-16-6-5-14(10-15(16)19)24(21,22)18-13-4-2-3-12(17)9-13/h2-6,9-10,18H,7-8H2,1H3. The van der Waals surface area contributed by atoms with Gasteiger partial charge < -0.3 is 9.64 Å². The van der Waals surface area contributed by atoms with Gasteiger partial charge in [0.2, 0.25) is 5.91 Å². The second-order valence-electron chi connectivity index (χ2n) is 5.26. The minimum Gasteiger partial charge on any atom is -0.490 e. The summed E-state index contributed by atoms with van der Waals surface area (Å²) in [5, 5.41) is 0. The van der Waals surface area contributed by atoms with Crippen LogP contribution in [0.25, 0.3) is 0 Å². The Kier molecular flexibility index (Phi) is 4.15. The number of anilines is 2. The van der Waals surface area contributed by atoms with Gasteiger partial charge in [0.05, 0.1) is 22.8 Å². The van der Waals surface area contributed by atoms with E-state index < -0.39 is 15.8 Å². The molecule has 1 N–H and O–H groups in total. The van der Waals surface area contributed by atoms with E-state index in [1.54, 1.807) is 0 Å². The molecule has 1 heterocycles. The first kappa shape index (κ1) is 16.3. The van der Waals surface area contributed by atoms with Crippen molar-refractivity contribution in [2.45, 2.75) is 11.8 Å². The Morgan fingerprint density at radius 1 is 1.25 bits per heavy atom. The van der Waals surface area contributed by atoms with Crippen molar-refractivity contribution in [3.63, 3.8) is 0 Å². The Morgan fingerprint density at radius 3 is 2.75 bits per heavy atom. The number of nitrogens with zero attached hydrogens (tertiary/aromatic N) is 1. The molecule has 0 saturated heterocycles. The monoisotopic (exact) mass is 350 g/mol. The number of hydrogen-bond donors (Lipinski definition) is 1. The second-order valence-corrected chi connectivity index (χ2v) is 6.95. The molecule has 1 aliphatic rings. The maximum absolute atomic E-state index is 13.2. The van der Waals surface area contributed by atoms with Crippen LogP contribution >= 0.6 is 0 Å². The minimum absolute atomic E-state index is 0.0396. The highest BCUT2D eigenvalue weighted by Crippen LogP contribution is 2.34. The molecular formula is C16H15FN2O4S. The van der Waals surface area contributed by atoms with Crippen molar-refractivity contribution in [2.75, 3.05) is 22.8 Å². The van der Waals surface area contributed by atoms with Crippen molar-refractivity contribution < 1.29 is 22.3 Å². The third kappa shape index (κ3) is 3.18. The Morgan fingerprint density at radius 2 is 2.04 bits per heavy atom. The van der Waals surface area contributed by atoms with Crippen LogP contribution in [0.15, 0.2) is 47.4 Å².